The van der Waals surface area contributed by atoms with Crippen LogP contribution in [0.5, 0.6) is 0 Å². The van der Waals surface area contributed by atoms with Crippen LogP contribution in [0.2, 0.25) is 0 Å². The summed E-state index contributed by atoms with van der Waals surface area (Å²) in [6.07, 6.45) is -0.917. The van der Waals surface area contributed by atoms with E-state index in [-0.39, 0.29) is 12.1 Å². The molecule has 2 nitrogen and oxygen atoms in total. The molecule has 0 rings (SSSR count). The second-order valence-electron chi connectivity index (χ2n) is 3.46. The molecule has 3 N–H and O–H groups in total. The summed E-state index contributed by atoms with van der Waals surface area (Å²) >= 11 is 0. The predicted octanol–water partition coefficient (Wildman–Crippen LogP) is 0.671. The molecule has 0 fully saturated rings. The Morgan fingerprint density at radius 2 is 2.00 bits per heavy atom. The molecular formula is C7H17FN2. The van der Waals surface area contributed by atoms with Crippen molar-refractivity contribution in [2.24, 2.45) is 5.73 Å². The van der Waals surface area contributed by atoms with Gasteiger partial charge in [-0.1, -0.05) is 0 Å². The van der Waals surface area contributed by atoms with Crippen molar-refractivity contribution in [3.05, 3.63) is 0 Å². The van der Waals surface area contributed by atoms with Crippen LogP contribution in [0.1, 0.15) is 20.8 Å². The summed E-state index contributed by atoms with van der Waals surface area (Å²) in [7, 11) is 0. The summed E-state index contributed by atoms with van der Waals surface area (Å²) < 4.78 is 12.5. The van der Waals surface area contributed by atoms with Gasteiger partial charge < -0.3 is 11.1 Å². The average molecular weight is 148 g/mol. The van der Waals surface area contributed by atoms with E-state index in [0.717, 1.165) is 0 Å². The Labute approximate surface area is 62.0 Å². The van der Waals surface area contributed by atoms with Crippen molar-refractivity contribution in [3.8, 4) is 0 Å². The molecule has 0 aliphatic carbocycles. The van der Waals surface area contributed by atoms with E-state index in [9.17, 15) is 4.39 Å². The van der Waals surface area contributed by atoms with Crippen molar-refractivity contribution in [2.45, 2.75) is 32.5 Å². The van der Waals surface area contributed by atoms with Gasteiger partial charge >= 0.3 is 0 Å². The monoisotopic (exact) mass is 148 g/mol. The fraction of sp³-hybridized carbons (Fsp3) is 1.00. The molecule has 0 spiro atoms. The zero-order valence-corrected chi connectivity index (χ0v) is 6.95. The van der Waals surface area contributed by atoms with Gasteiger partial charge in [0.05, 0.1) is 0 Å². The number of halogens is 1. The van der Waals surface area contributed by atoms with Crippen LogP contribution in [0.15, 0.2) is 0 Å². The maximum Gasteiger partial charge on any atom is 0.125 e. The molecule has 0 aliphatic heterocycles. The molecule has 10 heavy (non-hydrogen) atoms. The lowest BCUT2D eigenvalue weighted by molar-refractivity contribution is 0.292. The molecule has 0 heterocycles. The van der Waals surface area contributed by atoms with Crippen LogP contribution in [-0.4, -0.2) is 24.8 Å². The zero-order chi connectivity index (χ0) is 8.20. The third-order valence-electron chi connectivity index (χ3n) is 1.11. The van der Waals surface area contributed by atoms with E-state index in [2.05, 4.69) is 5.32 Å². The molecule has 0 aromatic heterocycles. The molecule has 3 heteroatoms. The highest BCUT2D eigenvalue weighted by Crippen LogP contribution is 1.98. The summed E-state index contributed by atoms with van der Waals surface area (Å²) in [5.74, 6) is 0. The van der Waals surface area contributed by atoms with Crippen LogP contribution in [0, 0.1) is 0 Å². The van der Waals surface area contributed by atoms with Gasteiger partial charge in [0, 0.05) is 18.6 Å². The van der Waals surface area contributed by atoms with E-state index in [0.29, 0.717) is 6.54 Å². The minimum Gasteiger partial charge on any atom is -0.328 e. The third-order valence-corrected chi connectivity index (χ3v) is 1.11. The van der Waals surface area contributed by atoms with Crippen molar-refractivity contribution < 1.29 is 4.39 Å². The minimum atomic E-state index is -0.917. The Bertz CT molecular complexity index is 88.1. The van der Waals surface area contributed by atoms with E-state index < -0.39 is 6.17 Å². The fourth-order valence-corrected chi connectivity index (χ4v) is 0.500. The summed E-state index contributed by atoms with van der Waals surface area (Å²) in [6, 6.07) is 0. The third kappa shape index (κ3) is 5.98. The highest BCUT2D eigenvalue weighted by atomic mass is 19.1. The van der Waals surface area contributed by atoms with Gasteiger partial charge in [-0.3, -0.25) is 0 Å². The van der Waals surface area contributed by atoms with Gasteiger partial charge in [-0.05, 0) is 20.8 Å². The highest BCUT2D eigenvalue weighted by Gasteiger charge is 2.11. The SMILES string of the molecule is CC(C)(C)NCC(F)CN. The van der Waals surface area contributed by atoms with Crippen molar-refractivity contribution in [1.82, 2.24) is 5.32 Å². The maximum atomic E-state index is 12.5. The van der Waals surface area contributed by atoms with Gasteiger partial charge in [-0.15, -0.1) is 0 Å². The van der Waals surface area contributed by atoms with Gasteiger partial charge in [0.2, 0.25) is 0 Å². The number of alkyl halides is 1. The Kier molecular flexibility index (Phi) is 3.83. The molecule has 0 saturated heterocycles. The van der Waals surface area contributed by atoms with E-state index in [1.54, 1.807) is 0 Å². The van der Waals surface area contributed by atoms with E-state index in [1.165, 1.54) is 0 Å². The predicted molar refractivity (Wildman–Crippen MR) is 41.7 cm³/mol. The zero-order valence-electron chi connectivity index (χ0n) is 6.95. The first kappa shape index (κ1) is 9.85. The van der Waals surface area contributed by atoms with E-state index >= 15 is 0 Å². The normalized spacial score (nSPS) is 15.3. The number of nitrogens with two attached hydrogens (primary N) is 1. The van der Waals surface area contributed by atoms with Crippen LogP contribution < -0.4 is 11.1 Å². The molecule has 1 atom stereocenters. The standard InChI is InChI=1S/C7H17FN2/c1-7(2,3)10-5-6(8)4-9/h6,10H,4-5,9H2,1-3H3. The van der Waals surface area contributed by atoms with Gasteiger partial charge in [-0.2, -0.15) is 0 Å². The van der Waals surface area contributed by atoms with Gasteiger partial charge in [0.1, 0.15) is 6.17 Å². The molecular weight excluding hydrogens is 131 g/mol. The molecule has 0 bridgehead atoms. The van der Waals surface area contributed by atoms with Crippen molar-refractivity contribution in [1.29, 1.82) is 0 Å². The average Bonchev–Trinajstić information content (AvgIpc) is 1.81. The first-order valence-corrected chi connectivity index (χ1v) is 3.55. The second-order valence-corrected chi connectivity index (χ2v) is 3.46. The number of rotatable bonds is 3. The van der Waals surface area contributed by atoms with Crippen molar-refractivity contribution in [2.75, 3.05) is 13.1 Å². The smallest absolute Gasteiger partial charge is 0.125 e. The summed E-state index contributed by atoms with van der Waals surface area (Å²) in [4.78, 5) is 0. The Morgan fingerprint density at radius 1 is 1.50 bits per heavy atom. The largest absolute Gasteiger partial charge is 0.328 e. The van der Waals surface area contributed by atoms with Crippen LogP contribution in [0.3, 0.4) is 0 Å². The first-order valence-electron chi connectivity index (χ1n) is 3.55. The number of hydrogen-bond acceptors (Lipinski definition) is 2. The summed E-state index contributed by atoms with van der Waals surface area (Å²) in [6.45, 7) is 6.44. The highest BCUT2D eigenvalue weighted by molar-refractivity contribution is 4.72. The van der Waals surface area contributed by atoms with Gasteiger partial charge in [0.15, 0.2) is 0 Å². The summed E-state index contributed by atoms with van der Waals surface area (Å²) in [5, 5.41) is 3.02. The van der Waals surface area contributed by atoms with Crippen LogP contribution in [-0.2, 0) is 0 Å². The molecule has 0 aliphatic rings. The molecule has 0 amide bonds. The molecule has 0 aromatic carbocycles. The van der Waals surface area contributed by atoms with Crippen LogP contribution >= 0.6 is 0 Å². The van der Waals surface area contributed by atoms with Crippen molar-refractivity contribution in [3.63, 3.8) is 0 Å². The Hall–Kier alpha value is -0.150. The number of nitrogens with one attached hydrogen (secondary N) is 1. The Balaban J connectivity index is 3.36. The lowest BCUT2D eigenvalue weighted by Gasteiger charge is -2.21. The van der Waals surface area contributed by atoms with E-state index in [1.807, 2.05) is 20.8 Å². The van der Waals surface area contributed by atoms with Crippen LogP contribution in [0.4, 0.5) is 4.39 Å². The topological polar surface area (TPSA) is 38.0 Å². The lowest BCUT2D eigenvalue weighted by atomic mass is 10.1. The number of hydrogen-bond donors (Lipinski definition) is 2. The summed E-state index contributed by atoms with van der Waals surface area (Å²) in [5.41, 5.74) is 5.07. The fourth-order valence-electron chi connectivity index (χ4n) is 0.500. The first-order chi connectivity index (χ1) is 4.45. The molecule has 1 unspecified atom stereocenters. The molecule has 0 saturated carbocycles. The van der Waals surface area contributed by atoms with Crippen LogP contribution in [0.25, 0.3) is 0 Å². The van der Waals surface area contributed by atoms with Crippen molar-refractivity contribution >= 4 is 0 Å². The molecule has 0 radical (unpaired) electrons. The van der Waals surface area contributed by atoms with Gasteiger partial charge in [0.25, 0.3) is 0 Å². The quantitative estimate of drug-likeness (QED) is 0.617. The second kappa shape index (κ2) is 3.88. The molecule has 62 valence electrons. The minimum absolute atomic E-state index is 0.0144. The van der Waals surface area contributed by atoms with Gasteiger partial charge in [-0.25, -0.2) is 4.39 Å². The maximum absolute atomic E-state index is 12.5. The Morgan fingerprint density at radius 3 is 2.30 bits per heavy atom. The van der Waals surface area contributed by atoms with E-state index in [4.69, 9.17) is 5.73 Å². The molecule has 0 aromatic rings. The lowest BCUT2D eigenvalue weighted by Crippen LogP contribution is -2.41.